The lowest BCUT2D eigenvalue weighted by atomic mass is 10.2. The molecule has 0 aliphatic heterocycles. The van der Waals surface area contributed by atoms with Crippen LogP contribution in [0.4, 0.5) is 0 Å². The van der Waals surface area contributed by atoms with E-state index in [0.29, 0.717) is 0 Å². The molecule has 1 N–H and O–H groups in total. The van der Waals surface area contributed by atoms with Crippen molar-refractivity contribution in [3.05, 3.63) is 36.0 Å². The maximum absolute atomic E-state index is 3.43. The van der Waals surface area contributed by atoms with Gasteiger partial charge in [-0.25, -0.2) is 0 Å². The molecule has 0 spiro atoms. The molecule has 0 aliphatic carbocycles. The Hall–Kier alpha value is -1.72. The standard InChI is InChI=1S/C15H18N2/c1-3-4-7-10-16-11-13-12-17(2)15-9-6-5-8-14(13)15/h5-6,8-9,12,16H,7,10-11H2,1-2H3. The van der Waals surface area contributed by atoms with Crippen molar-refractivity contribution in [3.8, 4) is 11.8 Å². The van der Waals surface area contributed by atoms with Crippen molar-refractivity contribution in [2.75, 3.05) is 6.54 Å². The third-order valence-electron chi connectivity index (χ3n) is 2.90. The van der Waals surface area contributed by atoms with Crippen molar-refractivity contribution >= 4 is 10.9 Å². The third-order valence-corrected chi connectivity index (χ3v) is 2.90. The molecular formula is C15H18N2. The number of para-hydroxylation sites is 1. The Bertz CT molecular complexity index is 555. The van der Waals surface area contributed by atoms with E-state index < -0.39 is 0 Å². The maximum Gasteiger partial charge on any atom is 0.0481 e. The van der Waals surface area contributed by atoms with Crippen LogP contribution in [-0.4, -0.2) is 11.1 Å². The average Bonchev–Trinajstić information content (AvgIpc) is 2.67. The van der Waals surface area contributed by atoms with E-state index >= 15 is 0 Å². The number of hydrogen-bond acceptors (Lipinski definition) is 1. The molecule has 0 amide bonds. The molecule has 2 rings (SSSR count). The van der Waals surface area contributed by atoms with Gasteiger partial charge in [-0.1, -0.05) is 18.2 Å². The summed E-state index contributed by atoms with van der Waals surface area (Å²) in [4.78, 5) is 0. The molecule has 2 aromatic rings. The van der Waals surface area contributed by atoms with Gasteiger partial charge in [0.2, 0.25) is 0 Å². The molecule has 88 valence electrons. The summed E-state index contributed by atoms with van der Waals surface area (Å²) in [6.45, 7) is 3.74. The fourth-order valence-electron chi connectivity index (χ4n) is 2.07. The normalized spacial score (nSPS) is 10.2. The molecule has 0 fully saturated rings. The lowest BCUT2D eigenvalue weighted by molar-refractivity contribution is 0.702. The van der Waals surface area contributed by atoms with Crippen LogP contribution in [0.25, 0.3) is 10.9 Å². The van der Waals surface area contributed by atoms with Crippen LogP contribution in [0.1, 0.15) is 18.9 Å². The number of nitrogens with zero attached hydrogens (tertiary/aromatic N) is 1. The van der Waals surface area contributed by atoms with Gasteiger partial charge in [-0.15, -0.1) is 11.8 Å². The number of aromatic nitrogens is 1. The Morgan fingerprint density at radius 1 is 1.29 bits per heavy atom. The summed E-state index contributed by atoms with van der Waals surface area (Å²) in [5, 5.41) is 4.76. The van der Waals surface area contributed by atoms with Crippen LogP contribution in [0.2, 0.25) is 0 Å². The van der Waals surface area contributed by atoms with Gasteiger partial charge in [0.05, 0.1) is 0 Å². The van der Waals surface area contributed by atoms with Crippen molar-refractivity contribution in [2.24, 2.45) is 7.05 Å². The summed E-state index contributed by atoms with van der Waals surface area (Å²) in [5.74, 6) is 5.97. The average molecular weight is 226 g/mol. The Balaban J connectivity index is 2.05. The fourth-order valence-corrected chi connectivity index (χ4v) is 2.07. The van der Waals surface area contributed by atoms with Gasteiger partial charge in [-0.3, -0.25) is 0 Å². The first-order chi connectivity index (χ1) is 8.33. The number of benzene rings is 1. The summed E-state index contributed by atoms with van der Waals surface area (Å²) in [6.07, 6.45) is 3.12. The first-order valence-electron chi connectivity index (χ1n) is 5.96. The van der Waals surface area contributed by atoms with Crippen LogP contribution in [0.3, 0.4) is 0 Å². The van der Waals surface area contributed by atoms with Gasteiger partial charge in [0.15, 0.2) is 0 Å². The van der Waals surface area contributed by atoms with E-state index in [9.17, 15) is 0 Å². The summed E-state index contributed by atoms with van der Waals surface area (Å²) >= 11 is 0. The molecule has 0 saturated heterocycles. The second-order valence-corrected chi connectivity index (χ2v) is 4.14. The van der Waals surface area contributed by atoms with Crippen LogP contribution >= 0.6 is 0 Å². The van der Waals surface area contributed by atoms with Crippen LogP contribution < -0.4 is 5.32 Å². The lowest BCUT2D eigenvalue weighted by Gasteiger charge is -2.00. The zero-order valence-corrected chi connectivity index (χ0v) is 10.5. The van der Waals surface area contributed by atoms with Crippen LogP contribution in [0.15, 0.2) is 30.5 Å². The molecule has 2 heteroatoms. The van der Waals surface area contributed by atoms with E-state index in [1.54, 1.807) is 0 Å². The molecule has 1 aromatic carbocycles. The van der Waals surface area contributed by atoms with Crippen molar-refractivity contribution < 1.29 is 0 Å². The minimum atomic E-state index is 0.909. The highest BCUT2D eigenvalue weighted by Crippen LogP contribution is 2.19. The lowest BCUT2D eigenvalue weighted by Crippen LogP contribution is -2.13. The van der Waals surface area contributed by atoms with E-state index in [1.165, 1.54) is 16.5 Å². The Morgan fingerprint density at radius 3 is 2.94 bits per heavy atom. The smallest absolute Gasteiger partial charge is 0.0481 e. The Morgan fingerprint density at radius 2 is 2.12 bits per heavy atom. The summed E-state index contributed by atoms with van der Waals surface area (Å²) in [7, 11) is 2.09. The summed E-state index contributed by atoms with van der Waals surface area (Å²) in [5.41, 5.74) is 2.64. The molecule has 0 atom stereocenters. The molecular weight excluding hydrogens is 208 g/mol. The largest absolute Gasteiger partial charge is 0.350 e. The molecule has 0 bridgehead atoms. The predicted molar refractivity (Wildman–Crippen MR) is 72.7 cm³/mol. The fraction of sp³-hybridized carbons (Fsp3) is 0.333. The van der Waals surface area contributed by atoms with Gasteiger partial charge >= 0.3 is 0 Å². The molecule has 0 aliphatic rings. The van der Waals surface area contributed by atoms with E-state index in [1.807, 2.05) is 6.92 Å². The quantitative estimate of drug-likeness (QED) is 0.626. The molecule has 1 aromatic heterocycles. The second kappa shape index (κ2) is 5.56. The third kappa shape index (κ3) is 2.69. The molecule has 17 heavy (non-hydrogen) atoms. The highest BCUT2D eigenvalue weighted by molar-refractivity contribution is 5.83. The molecule has 0 radical (unpaired) electrons. The number of hydrogen-bond donors (Lipinski definition) is 1. The first-order valence-corrected chi connectivity index (χ1v) is 5.96. The van der Waals surface area contributed by atoms with E-state index in [2.05, 4.69) is 59.2 Å². The van der Waals surface area contributed by atoms with Gasteiger partial charge in [-0.05, 0) is 18.6 Å². The van der Waals surface area contributed by atoms with E-state index in [0.717, 1.165) is 19.5 Å². The SMILES string of the molecule is CC#CCCNCc1cn(C)c2ccccc12. The summed E-state index contributed by atoms with van der Waals surface area (Å²) in [6, 6.07) is 8.50. The van der Waals surface area contributed by atoms with E-state index in [-0.39, 0.29) is 0 Å². The van der Waals surface area contributed by atoms with E-state index in [4.69, 9.17) is 0 Å². The van der Waals surface area contributed by atoms with Crippen molar-refractivity contribution in [3.63, 3.8) is 0 Å². The molecule has 2 nitrogen and oxygen atoms in total. The van der Waals surface area contributed by atoms with Gasteiger partial charge in [0, 0.05) is 43.7 Å². The topological polar surface area (TPSA) is 17.0 Å². The predicted octanol–water partition coefficient (Wildman–Crippen LogP) is 2.68. The van der Waals surface area contributed by atoms with Crippen molar-refractivity contribution in [2.45, 2.75) is 19.9 Å². The zero-order valence-electron chi connectivity index (χ0n) is 10.5. The number of fused-ring (bicyclic) bond motifs is 1. The molecule has 1 heterocycles. The first kappa shape index (κ1) is 11.8. The minimum absolute atomic E-state index is 0.909. The number of nitrogens with one attached hydrogen (secondary N) is 1. The highest BCUT2D eigenvalue weighted by Gasteiger charge is 2.04. The highest BCUT2D eigenvalue weighted by atomic mass is 14.9. The van der Waals surface area contributed by atoms with Crippen LogP contribution in [-0.2, 0) is 13.6 Å². The molecule has 0 unspecified atom stereocenters. The maximum atomic E-state index is 3.43. The van der Waals surface area contributed by atoms with Crippen molar-refractivity contribution in [1.29, 1.82) is 0 Å². The zero-order chi connectivity index (χ0) is 12.1. The Kier molecular flexibility index (Phi) is 3.85. The van der Waals surface area contributed by atoms with Crippen LogP contribution in [0.5, 0.6) is 0 Å². The van der Waals surface area contributed by atoms with Gasteiger partial charge in [-0.2, -0.15) is 0 Å². The molecule has 0 saturated carbocycles. The second-order valence-electron chi connectivity index (χ2n) is 4.14. The monoisotopic (exact) mass is 226 g/mol. The number of rotatable bonds is 4. The van der Waals surface area contributed by atoms with Gasteiger partial charge in [0.25, 0.3) is 0 Å². The Labute approximate surface area is 103 Å². The number of aryl methyl sites for hydroxylation is 1. The van der Waals surface area contributed by atoms with Crippen molar-refractivity contribution in [1.82, 2.24) is 9.88 Å². The minimum Gasteiger partial charge on any atom is -0.350 e. The summed E-state index contributed by atoms with van der Waals surface area (Å²) < 4.78 is 2.18. The van der Waals surface area contributed by atoms with Gasteiger partial charge < -0.3 is 9.88 Å². The van der Waals surface area contributed by atoms with Crippen LogP contribution in [0, 0.1) is 11.8 Å². The van der Waals surface area contributed by atoms with Gasteiger partial charge in [0.1, 0.15) is 0 Å².